The maximum atomic E-state index is 11.9. The van der Waals surface area contributed by atoms with Crippen molar-refractivity contribution in [3.63, 3.8) is 0 Å². The highest BCUT2D eigenvalue weighted by Crippen LogP contribution is 2.09. The molecule has 0 rings (SSSR count). The van der Waals surface area contributed by atoms with Crippen molar-refractivity contribution in [1.29, 1.82) is 0 Å². The average Bonchev–Trinajstić information content (AvgIpc) is 2.30. The molecule has 4 nitrogen and oxygen atoms in total. The molecule has 0 aromatic rings. The average molecular weight is 293 g/mol. The second kappa shape index (κ2) is 7.65. The van der Waals surface area contributed by atoms with E-state index in [1.54, 1.807) is 9.80 Å². The Morgan fingerprint density at radius 1 is 0.875 bits per heavy atom. The van der Waals surface area contributed by atoms with Gasteiger partial charge in [-0.05, 0) is 27.7 Å². The van der Waals surface area contributed by atoms with E-state index < -0.39 is 4.83 Å². The van der Waals surface area contributed by atoms with Gasteiger partial charge in [-0.25, -0.2) is 0 Å². The zero-order valence-electron chi connectivity index (χ0n) is 10.5. The third-order valence-electron chi connectivity index (χ3n) is 2.58. The number of nitrogens with zero attached hydrogens (tertiary/aromatic N) is 2. The molecule has 5 heteroatoms. The molecule has 0 fully saturated rings. The highest BCUT2D eigenvalue weighted by atomic mass is 79.9. The molecule has 0 aromatic heterocycles. The predicted octanol–water partition coefficient (Wildman–Crippen LogP) is 1.49. The van der Waals surface area contributed by atoms with Crippen molar-refractivity contribution < 1.29 is 9.59 Å². The zero-order valence-corrected chi connectivity index (χ0v) is 12.1. The van der Waals surface area contributed by atoms with Crippen molar-refractivity contribution in [2.45, 2.75) is 32.5 Å². The van der Waals surface area contributed by atoms with Gasteiger partial charge in [-0.3, -0.25) is 9.59 Å². The van der Waals surface area contributed by atoms with E-state index in [0.29, 0.717) is 26.2 Å². The molecule has 0 radical (unpaired) electrons. The summed E-state index contributed by atoms with van der Waals surface area (Å²) in [5, 5.41) is 0. The Morgan fingerprint density at radius 2 is 1.12 bits per heavy atom. The summed E-state index contributed by atoms with van der Waals surface area (Å²) in [6, 6.07) is 0. The lowest BCUT2D eigenvalue weighted by Gasteiger charge is -2.25. The molecule has 0 unspecified atom stereocenters. The van der Waals surface area contributed by atoms with Crippen LogP contribution in [0.3, 0.4) is 0 Å². The molecule has 0 N–H and O–H groups in total. The van der Waals surface area contributed by atoms with E-state index in [4.69, 9.17) is 0 Å². The number of rotatable bonds is 6. The number of hydrogen-bond donors (Lipinski definition) is 0. The van der Waals surface area contributed by atoms with E-state index in [0.717, 1.165) is 0 Å². The molecule has 0 aliphatic heterocycles. The highest BCUT2D eigenvalue weighted by molar-refractivity contribution is 9.10. The van der Waals surface area contributed by atoms with Gasteiger partial charge >= 0.3 is 0 Å². The Hall–Kier alpha value is -0.580. The minimum atomic E-state index is -0.743. The largest absolute Gasteiger partial charge is 0.342 e. The molecule has 0 saturated carbocycles. The molecule has 94 valence electrons. The molecule has 0 aromatic carbocycles. The van der Waals surface area contributed by atoms with E-state index in [2.05, 4.69) is 15.9 Å². The van der Waals surface area contributed by atoms with Crippen LogP contribution in [0.4, 0.5) is 0 Å². The number of amides is 2. The summed E-state index contributed by atoms with van der Waals surface area (Å²) in [6.45, 7) is 10.1. The van der Waals surface area contributed by atoms with Crippen LogP contribution in [0.5, 0.6) is 0 Å². The van der Waals surface area contributed by atoms with Gasteiger partial charge in [0, 0.05) is 26.2 Å². The van der Waals surface area contributed by atoms with Crippen LogP contribution in [-0.4, -0.2) is 52.6 Å². The van der Waals surface area contributed by atoms with Gasteiger partial charge in [0.1, 0.15) is 0 Å². The number of hydrogen-bond acceptors (Lipinski definition) is 2. The van der Waals surface area contributed by atoms with Crippen molar-refractivity contribution in [2.24, 2.45) is 0 Å². The summed E-state index contributed by atoms with van der Waals surface area (Å²) in [7, 11) is 0. The van der Waals surface area contributed by atoms with Crippen LogP contribution in [0.1, 0.15) is 27.7 Å². The lowest BCUT2D eigenvalue weighted by atomic mass is 10.3. The first-order chi connectivity index (χ1) is 7.53. The summed E-state index contributed by atoms with van der Waals surface area (Å²) >= 11 is 3.19. The lowest BCUT2D eigenvalue weighted by molar-refractivity contribution is -0.139. The molecular formula is C11H21BrN2O2. The third-order valence-corrected chi connectivity index (χ3v) is 3.37. The van der Waals surface area contributed by atoms with Gasteiger partial charge in [-0.2, -0.15) is 0 Å². The maximum absolute atomic E-state index is 11.9. The molecule has 0 aliphatic rings. The van der Waals surface area contributed by atoms with Gasteiger partial charge in [0.15, 0.2) is 4.83 Å². The Labute approximate surface area is 106 Å². The zero-order chi connectivity index (χ0) is 12.7. The highest BCUT2D eigenvalue weighted by Gasteiger charge is 2.29. The fourth-order valence-electron chi connectivity index (χ4n) is 1.50. The van der Waals surface area contributed by atoms with Gasteiger partial charge in [-0.1, -0.05) is 15.9 Å². The van der Waals surface area contributed by atoms with Crippen LogP contribution in [0.15, 0.2) is 0 Å². The van der Waals surface area contributed by atoms with E-state index >= 15 is 0 Å². The molecule has 0 saturated heterocycles. The van der Waals surface area contributed by atoms with E-state index in [1.807, 2.05) is 27.7 Å². The Kier molecular flexibility index (Phi) is 7.38. The van der Waals surface area contributed by atoms with Crippen LogP contribution in [0, 0.1) is 0 Å². The van der Waals surface area contributed by atoms with E-state index in [-0.39, 0.29) is 11.8 Å². The van der Waals surface area contributed by atoms with Crippen molar-refractivity contribution in [3.8, 4) is 0 Å². The Balaban J connectivity index is 4.59. The molecule has 0 heterocycles. The van der Waals surface area contributed by atoms with Gasteiger partial charge in [-0.15, -0.1) is 0 Å². The van der Waals surface area contributed by atoms with Gasteiger partial charge < -0.3 is 9.80 Å². The monoisotopic (exact) mass is 292 g/mol. The van der Waals surface area contributed by atoms with Crippen molar-refractivity contribution in [1.82, 2.24) is 9.80 Å². The molecule has 0 aliphatic carbocycles. The standard InChI is InChI=1S/C11H21BrN2O2/c1-5-13(6-2)10(15)9(12)11(16)14(7-3)8-4/h9H,5-8H2,1-4H3. The van der Waals surface area contributed by atoms with Gasteiger partial charge in [0.2, 0.25) is 11.8 Å². The summed E-state index contributed by atoms with van der Waals surface area (Å²) in [4.78, 5) is 26.4. The fraction of sp³-hybridized carbons (Fsp3) is 0.818. The maximum Gasteiger partial charge on any atom is 0.245 e. The minimum Gasteiger partial charge on any atom is -0.342 e. The normalized spacial score (nSPS) is 10.4. The lowest BCUT2D eigenvalue weighted by Crippen LogP contribution is -2.46. The Morgan fingerprint density at radius 3 is 1.31 bits per heavy atom. The first-order valence-electron chi connectivity index (χ1n) is 5.74. The van der Waals surface area contributed by atoms with Crippen LogP contribution < -0.4 is 0 Å². The molecule has 0 bridgehead atoms. The first kappa shape index (κ1) is 15.4. The van der Waals surface area contributed by atoms with Crippen molar-refractivity contribution in [2.75, 3.05) is 26.2 Å². The van der Waals surface area contributed by atoms with E-state index in [1.165, 1.54) is 0 Å². The first-order valence-corrected chi connectivity index (χ1v) is 6.66. The van der Waals surface area contributed by atoms with Crippen LogP contribution in [0.25, 0.3) is 0 Å². The second-order valence-corrected chi connectivity index (χ2v) is 4.30. The smallest absolute Gasteiger partial charge is 0.245 e. The summed E-state index contributed by atoms with van der Waals surface area (Å²) < 4.78 is 0. The number of carbonyl (C=O) groups excluding carboxylic acids is 2. The SMILES string of the molecule is CCN(CC)C(=O)C(Br)C(=O)N(CC)CC. The molecule has 0 spiro atoms. The van der Waals surface area contributed by atoms with Crippen molar-refractivity contribution in [3.05, 3.63) is 0 Å². The topological polar surface area (TPSA) is 40.6 Å². The second-order valence-electron chi connectivity index (χ2n) is 3.38. The molecule has 0 atom stereocenters. The molecule has 2 amide bonds. The summed E-state index contributed by atoms with van der Waals surface area (Å²) in [6.07, 6.45) is 0. The van der Waals surface area contributed by atoms with Crippen LogP contribution >= 0.6 is 15.9 Å². The number of carbonyl (C=O) groups is 2. The van der Waals surface area contributed by atoms with Gasteiger partial charge in [0.25, 0.3) is 0 Å². The third kappa shape index (κ3) is 3.77. The van der Waals surface area contributed by atoms with Crippen LogP contribution in [-0.2, 0) is 9.59 Å². The van der Waals surface area contributed by atoms with Crippen molar-refractivity contribution >= 4 is 27.7 Å². The quantitative estimate of drug-likeness (QED) is 0.550. The predicted molar refractivity (Wildman–Crippen MR) is 68.6 cm³/mol. The molecule has 16 heavy (non-hydrogen) atoms. The fourth-order valence-corrected chi connectivity index (χ4v) is 2.08. The minimum absolute atomic E-state index is 0.151. The molecular weight excluding hydrogens is 272 g/mol. The summed E-state index contributed by atoms with van der Waals surface area (Å²) in [5.74, 6) is -0.302. The Bertz CT molecular complexity index is 214. The summed E-state index contributed by atoms with van der Waals surface area (Å²) in [5.41, 5.74) is 0. The number of alkyl halides is 1. The van der Waals surface area contributed by atoms with E-state index in [9.17, 15) is 9.59 Å². The van der Waals surface area contributed by atoms with Crippen LogP contribution in [0.2, 0.25) is 0 Å². The van der Waals surface area contributed by atoms with Gasteiger partial charge in [0.05, 0.1) is 0 Å². The number of halogens is 1.